The van der Waals surface area contributed by atoms with Crippen LogP contribution < -0.4 is 0 Å². The molecule has 0 rings (SSSR count). The van der Waals surface area contributed by atoms with Crippen LogP contribution in [0.3, 0.4) is 0 Å². The van der Waals surface area contributed by atoms with E-state index in [2.05, 4.69) is 0 Å². The van der Waals surface area contributed by atoms with E-state index in [1.807, 2.05) is 0 Å². The standard InChI is InChI=1S/C8H2F14O3/c9-1(10)4(13,14)25-8(21,22)7(19,20)6(17,18)5(15,16)3(11,12)2(23)24/h1H,(H,23,24). The first-order valence-electron chi connectivity index (χ1n) is 5.08. The molecule has 17 heteroatoms. The number of aliphatic carboxylic acids is 1. The predicted octanol–water partition coefficient (Wildman–Crippen LogP) is 4.08. The zero-order chi connectivity index (χ0) is 20.9. The van der Waals surface area contributed by atoms with Gasteiger partial charge in [-0.05, 0) is 0 Å². The van der Waals surface area contributed by atoms with Gasteiger partial charge in [-0.1, -0.05) is 0 Å². The Kier molecular flexibility index (Phi) is 5.64. The van der Waals surface area contributed by atoms with E-state index in [9.17, 15) is 66.3 Å². The Balaban J connectivity index is 6.17. The number of carboxylic acid groups (broad SMARTS) is 1. The molecule has 0 unspecified atom stereocenters. The molecule has 0 bridgehead atoms. The number of rotatable bonds is 8. The van der Waals surface area contributed by atoms with Crippen LogP contribution in [0.1, 0.15) is 0 Å². The molecule has 0 saturated carbocycles. The van der Waals surface area contributed by atoms with Crippen molar-refractivity contribution >= 4 is 5.97 Å². The van der Waals surface area contributed by atoms with Crippen LogP contribution in [0.5, 0.6) is 0 Å². The van der Waals surface area contributed by atoms with Gasteiger partial charge in [0.15, 0.2) is 0 Å². The monoisotopic (exact) mass is 412 g/mol. The highest BCUT2D eigenvalue weighted by Crippen LogP contribution is 2.58. The fraction of sp³-hybridized carbons (Fsp3) is 0.875. The highest BCUT2D eigenvalue weighted by atomic mass is 19.4. The van der Waals surface area contributed by atoms with Gasteiger partial charge >= 0.3 is 48.3 Å². The molecule has 0 aromatic rings. The second-order valence-corrected chi connectivity index (χ2v) is 4.08. The Hall–Kier alpha value is -1.55. The van der Waals surface area contributed by atoms with Crippen LogP contribution in [0.2, 0.25) is 0 Å². The Morgan fingerprint density at radius 1 is 0.720 bits per heavy atom. The third kappa shape index (κ3) is 3.41. The maximum Gasteiger partial charge on any atom is 0.430 e. The fourth-order valence-electron chi connectivity index (χ4n) is 0.991. The van der Waals surface area contributed by atoms with Crippen molar-refractivity contribution in [2.75, 3.05) is 0 Å². The van der Waals surface area contributed by atoms with E-state index >= 15 is 0 Å². The summed E-state index contributed by atoms with van der Waals surface area (Å²) < 4.78 is 176. The second-order valence-electron chi connectivity index (χ2n) is 4.08. The highest BCUT2D eigenvalue weighted by molar-refractivity contribution is 5.77. The largest absolute Gasteiger partial charge is 0.477 e. The van der Waals surface area contributed by atoms with Crippen molar-refractivity contribution in [2.45, 2.75) is 42.3 Å². The number of hydrogen-bond donors (Lipinski definition) is 1. The summed E-state index contributed by atoms with van der Waals surface area (Å²) >= 11 is 0. The van der Waals surface area contributed by atoms with Gasteiger partial charge in [-0.3, -0.25) is 0 Å². The first-order chi connectivity index (χ1) is 10.6. The highest BCUT2D eigenvalue weighted by Gasteiger charge is 2.89. The normalized spacial score (nSPS) is 15.6. The molecule has 0 atom stereocenters. The quantitative estimate of drug-likeness (QED) is 0.612. The van der Waals surface area contributed by atoms with Gasteiger partial charge in [0.2, 0.25) is 0 Å². The molecule has 1 N–H and O–H groups in total. The Labute approximate surface area is 126 Å². The van der Waals surface area contributed by atoms with Crippen molar-refractivity contribution in [1.82, 2.24) is 0 Å². The number of halogens is 14. The Morgan fingerprint density at radius 2 is 1.08 bits per heavy atom. The topological polar surface area (TPSA) is 46.5 Å². The lowest BCUT2D eigenvalue weighted by atomic mass is 9.98. The van der Waals surface area contributed by atoms with Gasteiger partial charge in [0.05, 0.1) is 0 Å². The smallest absolute Gasteiger partial charge is 0.430 e. The van der Waals surface area contributed by atoms with Gasteiger partial charge in [0.25, 0.3) is 0 Å². The number of carbonyl (C=O) groups is 1. The van der Waals surface area contributed by atoms with Gasteiger partial charge in [-0.2, -0.15) is 52.7 Å². The summed E-state index contributed by atoms with van der Waals surface area (Å²) in [6.45, 7) is 0. The average molecular weight is 412 g/mol. The lowest BCUT2D eigenvalue weighted by molar-refractivity contribution is -0.490. The summed E-state index contributed by atoms with van der Waals surface area (Å²) in [5.41, 5.74) is 0. The minimum Gasteiger partial charge on any atom is -0.477 e. The van der Waals surface area contributed by atoms with Crippen molar-refractivity contribution < 1.29 is 76.1 Å². The molecule has 150 valence electrons. The number of alkyl halides is 14. The van der Waals surface area contributed by atoms with E-state index in [-0.39, 0.29) is 0 Å². The van der Waals surface area contributed by atoms with E-state index in [1.54, 1.807) is 0 Å². The van der Waals surface area contributed by atoms with E-state index < -0.39 is 48.3 Å². The average Bonchev–Trinajstić information content (AvgIpc) is 2.35. The van der Waals surface area contributed by atoms with E-state index in [1.165, 1.54) is 4.74 Å². The molecule has 0 aromatic heterocycles. The molecule has 0 aliphatic carbocycles. The zero-order valence-corrected chi connectivity index (χ0v) is 10.6. The maximum atomic E-state index is 12.9. The predicted molar refractivity (Wildman–Crippen MR) is 44.4 cm³/mol. The van der Waals surface area contributed by atoms with Gasteiger partial charge in [-0.15, -0.1) is 0 Å². The summed E-state index contributed by atoms with van der Waals surface area (Å²) in [6, 6.07) is 0. The molecule has 0 spiro atoms. The molecular formula is C8H2F14O3. The minimum atomic E-state index is -8.05. The van der Waals surface area contributed by atoms with Crippen LogP contribution in [0.4, 0.5) is 61.5 Å². The van der Waals surface area contributed by atoms with Crippen molar-refractivity contribution in [1.29, 1.82) is 0 Å². The van der Waals surface area contributed by atoms with Crippen LogP contribution >= 0.6 is 0 Å². The molecule has 0 amide bonds. The third-order valence-electron chi connectivity index (χ3n) is 2.34. The fourth-order valence-corrected chi connectivity index (χ4v) is 0.991. The summed E-state index contributed by atoms with van der Waals surface area (Å²) in [5, 5.41) is 7.62. The van der Waals surface area contributed by atoms with Gasteiger partial charge in [0.1, 0.15) is 0 Å². The summed E-state index contributed by atoms with van der Waals surface area (Å²) in [7, 11) is 0. The molecule has 0 aromatic carbocycles. The van der Waals surface area contributed by atoms with Gasteiger partial charge in [0, 0.05) is 0 Å². The molecule has 0 heterocycles. The lowest BCUT2D eigenvalue weighted by Gasteiger charge is -2.38. The zero-order valence-electron chi connectivity index (χ0n) is 10.6. The number of ether oxygens (including phenoxy) is 1. The van der Waals surface area contributed by atoms with Crippen LogP contribution in [0, 0.1) is 0 Å². The molecule has 0 aliphatic heterocycles. The van der Waals surface area contributed by atoms with E-state index in [0.717, 1.165) is 0 Å². The Morgan fingerprint density at radius 3 is 1.36 bits per heavy atom. The molecule has 0 radical (unpaired) electrons. The molecule has 0 saturated heterocycles. The molecule has 25 heavy (non-hydrogen) atoms. The number of hydrogen-bond acceptors (Lipinski definition) is 2. The lowest BCUT2D eigenvalue weighted by Crippen LogP contribution is -2.69. The van der Waals surface area contributed by atoms with Crippen molar-refractivity contribution in [3.63, 3.8) is 0 Å². The number of carboxylic acids is 1. The van der Waals surface area contributed by atoms with Gasteiger partial charge < -0.3 is 5.11 Å². The van der Waals surface area contributed by atoms with Crippen LogP contribution in [0.15, 0.2) is 0 Å². The second kappa shape index (κ2) is 6.01. The summed E-state index contributed by atoms with van der Waals surface area (Å²) in [5.74, 6) is -35.1. The van der Waals surface area contributed by atoms with Crippen molar-refractivity contribution in [3.05, 3.63) is 0 Å². The Bertz CT molecular complexity index is 512. The summed E-state index contributed by atoms with van der Waals surface area (Å²) in [4.78, 5) is 9.76. The van der Waals surface area contributed by atoms with Crippen molar-refractivity contribution in [2.24, 2.45) is 0 Å². The third-order valence-corrected chi connectivity index (χ3v) is 2.34. The molecule has 0 aliphatic rings. The SMILES string of the molecule is O=C(O)C(F)(F)C(F)(F)C(F)(F)C(F)(F)C(F)(F)OC(F)(F)C(F)F. The molecule has 0 fully saturated rings. The van der Waals surface area contributed by atoms with Gasteiger partial charge in [-0.25, -0.2) is 18.3 Å². The summed E-state index contributed by atoms with van der Waals surface area (Å²) in [6.07, 6.45) is -19.5. The first-order valence-corrected chi connectivity index (χ1v) is 5.08. The minimum absolute atomic E-state index is 1.43. The van der Waals surface area contributed by atoms with E-state index in [0.29, 0.717) is 0 Å². The van der Waals surface area contributed by atoms with E-state index in [4.69, 9.17) is 5.11 Å². The molecule has 3 nitrogen and oxygen atoms in total. The van der Waals surface area contributed by atoms with Crippen molar-refractivity contribution in [3.8, 4) is 0 Å². The first kappa shape index (κ1) is 23.4. The van der Waals surface area contributed by atoms with Crippen LogP contribution in [0.25, 0.3) is 0 Å². The van der Waals surface area contributed by atoms with Crippen LogP contribution in [-0.2, 0) is 9.53 Å². The maximum absolute atomic E-state index is 12.9. The van der Waals surface area contributed by atoms with Crippen LogP contribution in [-0.4, -0.2) is 53.4 Å². The molecular weight excluding hydrogens is 410 g/mol.